The number of hydrogen-bond acceptors (Lipinski definition) is 3. The molecule has 1 fully saturated rings. The average Bonchev–Trinajstić information content (AvgIpc) is 2.45. The summed E-state index contributed by atoms with van der Waals surface area (Å²) in [4.78, 5) is 14.5. The first-order valence-electron chi connectivity index (χ1n) is 7.60. The minimum Gasteiger partial charge on any atom is -0.330 e. The number of piperidine rings is 1. The normalized spacial score (nSPS) is 19.5. The molecule has 4 nitrogen and oxygen atoms in total. The molecule has 2 rings (SSSR count). The van der Waals surface area contributed by atoms with Gasteiger partial charge in [-0.05, 0) is 57.0 Å². The van der Waals surface area contributed by atoms with Crippen LogP contribution in [0.1, 0.15) is 31.2 Å². The number of benzene rings is 1. The Labute approximate surface area is 131 Å². The van der Waals surface area contributed by atoms with E-state index in [2.05, 4.69) is 10.2 Å². The number of halogens is 1. The van der Waals surface area contributed by atoms with Crippen molar-refractivity contribution in [3.63, 3.8) is 0 Å². The van der Waals surface area contributed by atoms with Crippen molar-refractivity contribution in [3.05, 3.63) is 28.8 Å². The fourth-order valence-corrected chi connectivity index (χ4v) is 3.06. The van der Waals surface area contributed by atoms with E-state index in [0.29, 0.717) is 24.2 Å². The molecule has 0 aliphatic carbocycles. The molecule has 1 unspecified atom stereocenters. The zero-order valence-electron chi connectivity index (χ0n) is 12.6. The summed E-state index contributed by atoms with van der Waals surface area (Å²) in [6, 6.07) is 5.97. The van der Waals surface area contributed by atoms with Crippen molar-refractivity contribution in [2.45, 2.75) is 38.6 Å². The number of amides is 1. The Kier molecular flexibility index (Phi) is 6.03. The Hall–Kier alpha value is -1.10. The molecule has 1 heterocycles. The molecule has 21 heavy (non-hydrogen) atoms. The molecular formula is C16H24ClN3O. The topological polar surface area (TPSA) is 58.4 Å². The molecule has 1 saturated heterocycles. The molecular weight excluding hydrogens is 286 g/mol. The number of anilines is 1. The van der Waals surface area contributed by atoms with Crippen LogP contribution in [0.15, 0.2) is 18.2 Å². The van der Waals surface area contributed by atoms with Gasteiger partial charge in [0.1, 0.15) is 0 Å². The first kappa shape index (κ1) is 16.3. The van der Waals surface area contributed by atoms with Gasteiger partial charge in [-0.1, -0.05) is 24.1 Å². The number of carbonyl (C=O) groups is 1. The summed E-state index contributed by atoms with van der Waals surface area (Å²) in [6.45, 7) is 4.05. The van der Waals surface area contributed by atoms with Crippen LogP contribution in [0.4, 0.5) is 5.69 Å². The number of aryl methyl sites for hydroxylation is 1. The lowest BCUT2D eigenvalue weighted by atomic mass is 9.99. The van der Waals surface area contributed by atoms with Crippen molar-refractivity contribution in [1.82, 2.24) is 4.90 Å². The van der Waals surface area contributed by atoms with Crippen molar-refractivity contribution in [2.75, 3.05) is 25.0 Å². The lowest BCUT2D eigenvalue weighted by Gasteiger charge is -2.35. The molecule has 1 aromatic carbocycles. The number of rotatable bonds is 5. The van der Waals surface area contributed by atoms with Crippen LogP contribution in [0.25, 0.3) is 0 Å². The molecule has 1 amide bonds. The first-order chi connectivity index (χ1) is 10.1. The Morgan fingerprint density at radius 3 is 3.05 bits per heavy atom. The lowest BCUT2D eigenvalue weighted by molar-refractivity contribution is -0.118. The number of hydrogen-bond donors (Lipinski definition) is 2. The predicted octanol–water partition coefficient (Wildman–Crippen LogP) is 2.79. The molecule has 1 aromatic rings. The summed E-state index contributed by atoms with van der Waals surface area (Å²) in [5, 5.41) is 3.60. The number of nitrogens with one attached hydrogen (secondary N) is 1. The molecule has 0 spiro atoms. The highest BCUT2D eigenvalue weighted by Gasteiger charge is 2.23. The van der Waals surface area contributed by atoms with E-state index in [1.165, 1.54) is 6.42 Å². The highest BCUT2D eigenvalue weighted by atomic mass is 35.5. The fraction of sp³-hybridized carbons (Fsp3) is 0.562. The van der Waals surface area contributed by atoms with E-state index >= 15 is 0 Å². The molecule has 0 saturated carbocycles. The molecule has 3 N–H and O–H groups in total. The van der Waals surface area contributed by atoms with Crippen LogP contribution in [-0.2, 0) is 4.79 Å². The molecule has 5 heteroatoms. The van der Waals surface area contributed by atoms with E-state index in [0.717, 1.165) is 37.1 Å². The van der Waals surface area contributed by atoms with E-state index in [1.54, 1.807) is 6.07 Å². The minimum atomic E-state index is 0.0179. The Balaban J connectivity index is 1.95. The zero-order chi connectivity index (χ0) is 15.2. The molecule has 1 aliphatic rings. The van der Waals surface area contributed by atoms with Gasteiger partial charge in [-0.25, -0.2) is 0 Å². The summed E-state index contributed by atoms with van der Waals surface area (Å²) >= 11 is 5.98. The second kappa shape index (κ2) is 7.78. The highest BCUT2D eigenvalue weighted by Crippen LogP contribution is 2.21. The van der Waals surface area contributed by atoms with Crippen LogP contribution in [0.5, 0.6) is 0 Å². The minimum absolute atomic E-state index is 0.0179. The van der Waals surface area contributed by atoms with Crippen molar-refractivity contribution in [1.29, 1.82) is 0 Å². The van der Waals surface area contributed by atoms with E-state index in [1.807, 2.05) is 19.1 Å². The van der Waals surface area contributed by atoms with Gasteiger partial charge in [0, 0.05) is 16.8 Å². The van der Waals surface area contributed by atoms with Gasteiger partial charge in [0.05, 0.1) is 6.54 Å². The maximum Gasteiger partial charge on any atom is 0.238 e. The van der Waals surface area contributed by atoms with Crippen LogP contribution in [-0.4, -0.2) is 36.5 Å². The van der Waals surface area contributed by atoms with Gasteiger partial charge in [0.15, 0.2) is 0 Å². The summed E-state index contributed by atoms with van der Waals surface area (Å²) in [5.74, 6) is 0.0179. The molecule has 0 bridgehead atoms. The van der Waals surface area contributed by atoms with E-state index in [-0.39, 0.29) is 5.91 Å². The van der Waals surface area contributed by atoms with Crippen LogP contribution in [0.2, 0.25) is 5.02 Å². The molecule has 116 valence electrons. The standard InChI is InChI=1S/C16H24ClN3O/c1-12-5-6-13(17)10-15(12)19-16(21)11-20-9-3-2-4-14(20)7-8-18/h5-6,10,14H,2-4,7-9,11,18H2,1H3,(H,19,21). The van der Waals surface area contributed by atoms with Crippen LogP contribution in [0, 0.1) is 6.92 Å². The maximum absolute atomic E-state index is 12.3. The second-order valence-corrected chi connectivity index (χ2v) is 6.14. The average molecular weight is 310 g/mol. The van der Waals surface area contributed by atoms with Crippen LogP contribution < -0.4 is 11.1 Å². The quantitative estimate of drug-likeness (QED) is 0.879. The molecule has 0 radical (unpaired) electrons. The van der Waals surface area contributed by atoms with Crippen LogP contribution in [0.3, 0.4) is 0 Å². The Morgan fingerprint density at radius 1 is 1.48 bits per heavy atom. The van der Waals surface area contributed by atoms with Gasteiger partial charge >= 0.3 is 0 Å². The van der Waals surface area contributed by atoms with Gasteiger partial charge < -0.3 is 11.1 Å². The summed E-state index contributed by atoms with van der Waals surface area (Å²) in [6.07, 6.45) is 4.49. The third kappa shape index (κ3) is 4.70. The van der Waals surface area contributed by atoms with Crippen LogP contribution >= 0.6 is 11.6 Å². The highest BCUT2D eigenvalue weighted by molar-refractivity contribution is 6.31. The predicted molar refractivity (Wildman–Crippen MR) is 87.7 cm³/mol. The molecule has 1 atom stereocenters. The van der Waals surface area contributed by atoms with Gasteiger partial charge in [0.25, 0.3) is 0 Å². The fourth-order valence-electron chi connectivity index (χ4n) is 2.89. The van der Waals surface area contributed by atoms with E-state index in [4.69, 9.17) is 17.3 Å². The van der Waals surface area contributed by atoms with Gasteiger partial charge in [0.2, 0.25) is 5.91 Å². The van der Waals surface area contributed by atoms with Gasteiger partial charge in [-0.3, -0.25) is 9.69 Å². The van der Waals surface area contributed by atoms with E-state index < -0.39 is 0 Å². The molecule has 1 aliphatic heterocycles. The van der Waals surface area contributed by atoms with Crippen molar-refractivity contribution in [2.24, 2.45) is 5.73 Å². The summed E-state index contributed by atoms with van der Waals surface area (Å²) in [7, 11) is 0. The Bertz CT molecular complexity index is 490. The maximum atomic E-state index is 12.3. The molecule has 0 aromatic heterocycles. The second-order valence-electron chi connectivity index (χ2n) is 5.70. The third-order valence-corrected chi connectivity index (χ3v) is 4.30. The smallest absolute Gasteiger partial charge is 0.238 e. The van der Waals surface area contributed by atoms with Crippen molar-refractivity contribution < 1.29 is 4.79 Å². The largest absolute Gasteiger partial charge is 0.330 e. The number of nitrogens with two attached hydrogens (primary N) is 1. The third-order valence-electron chi connectivity index (χ3n) is 4.07. The number of nitrogens with zero attached hydrogens (tertiary/aromatic N) is 1. The monoisotopic (exact) mass is 309 g/mol. The van der Waals surface area contributed by atoms with Crippen molar-refractivity contribution >= 4 is 23.2 Å². The summed E-state index contributed by atoms with van der Waals surface area (Å²) in [5.41, 5.74) is 7.48. The first-order valence-corrected chi connectivity index (χ1v) is 7.98. The van der Waals surface area contributed by atoms with E-state index in [9.17, 15) is 4.79 Å². The van der Waals surface area contributed by atoms with Gasteiger partial charge in [-0.15, -0.1) is 0 Å². The van der Waals surface area contributed by atoms with Gasteiger partial charge in [-0.2, -0.15) is 0 Å². The SMILES string of the molecule is Cc1ccc(Cl)cc1NC(=O)CN1CCCCC1CCN. The Morgan fingerprint density at radius 2 is 2.29 bits per heavy atom. The zero-order valence-corrected chi connectivity index (χ0v) is 13.3. The number of likely N-dealkylation sites (tertiary alicyclic amines) is 1. The van der Waals surface area contributed by atoms with Crippen molar-refractivity contribution in [3.8, 4) is 0 Å². The summed E-state index contributed by atoms with van der Waals surface area (Å²) < 4.78 is 0. The lowest BCUT2D eigenvalue weighted by Crippen LogP contribution is -2.44. The number of carbonyl (C=O) groups excluding carboxylic acids is 1.